The van der Waals surface area contributed by atoms with Crippen LogP contribution in [0.5, 0.6) is 12.0 Å². The quantitative estimate of drug-likeness (QED) is 0.0604. The molecule has 6 aliphatic rings. The molecule has 3 aromatic heterocycles. The first-order valence-electron chi connectivity index (χ1n) is 33.2. The smallest absolute Gasteiger partial charge is 0.320 e. The minimum absolute atomic E-state index is 0.0700. The van der Waals surface area contributed by atoms with Crippen molar-refractivity contribution in [2.75, 3.05) is 132 Å². The molecule has 3 saturated heterocycles. The van der Waals surface area contributed by atoms with Gasteiger partial charge < -0.3 is 55.7 Å². The maximum Gasteiger partial charge on any atom is 0.320 e. The molecule has 0 bridgehead atoms. The largest absolute Gasteiger partial charge is 0.458 e. The predicted molar refractivity (Wildman–Crippen MR) is 363 cm³/mol. The Bertz CT molecular complexity index is 3430. The molecule has 0 spiro atoms. The molecule has 24 heteroatoms. The van der Waals surface area contributed by atoms with Crippen LogP contribution in [0, 0.1) is 0 Å². The van der Waals surface area contributed by atoms with Gasteiger partial charge in [-0.05, 0) is 131 Å². The van der Waals surface area contributed by atoms with E-state index in [-0.39, 0.29) is 84.9 Å². The molecule has 0 saturated carbocycles. The average molecular weight is 1290 g/mol. The number of ketones is 3. The number of nitrogen functional groups attached to an aromatic ring is 3. The number of carbonyl (C=O) groups excluding carboxylic acids is 4. The Balaban J connectivity index is 0.000000154. The zero-order valence-electron chi connectivity index (χ0n) is 55.7. The molecular weight excluding hydrogens is 1190 g/mol. The fraction of sp³-hybridized carbons (Fsp3) is 0.514. The van der Waals surface area contributed by atoms with Crippen molar-refractivity contribution in [1.29, 1.82) is 0 Å². The number of nitrogens with two attached hydrogens (primary N) is 3. The first-order chi connectivity index (χ1) is 45.5. The maximum absolute atomic E-state index is 12.7. The van der Waals surface area contributed by atoms with Gasteiger partial charge in [-0.1, -0.05) is 79.7 Å². The summed E-state index contributed by atoms with van der Waals surface area (Å²) in [5.41, 5.74) is 27.7. The van der Waals surface area contributed by atoms with Gasteiger partial charge in [0, 0.05) is 103 Å². The van der Waals surface area contributed by atoms with Gasteiger partial charge >= 0.3 is 12.0 Å². The van der Waals surface area contributed by atoms with Crippen LogP contribution in [0.4, 0.5) is 34.9 Å². The number of nitrogens with zero attached hydrogens (tertiary/aromatic N) is 13. The second kappa shape index (κ2) is 32.6. The van der Waals surface area contributed by atoms with Gasteiger partial charge in [0.25, 0.3) is 5.91 Å². The molecule has 9 heterocycles. The number of benzene rings is 3. The molecule has 6 aliphatic heterocycles. The van der Waals surface area contributed by atoms with E-state index in [1.54, 1.807) is 26.2 Å². The van der Waals surface area contributed by atoms with Crippen LogP contribution in [0.25, 0.3) is 0 Å². The zero-order valence-corrected chi connectivity index (χ0v) is 55.7. The van der Waals surface area contributed by atoms with Crippen molar-refractivity contribution in [3.05, 3.63) is 129 Å². The molecule has 3 fully saturated rings. The second-order valence-corrected chi connectivity index (χ2v) is 25.7. The molecule has 502 valence electrons. The molecule has 94 heavy (non-hydrogen) atoms. The lowest BCUT2D eigenvalue weighted by Crippen LogP contribution is -2.38. The number of hydrogen-bond acceptors (Lipinski definition) is 23. The number of likely N-dealkylation sites (tertiary alicyclic amines) is 3. The number of ether oxygens (including phenoxy) is 4. The lowest BCUT2D eigenvalue weighted by Gasteiger charge is -2.30. The Labute approximate surface area is 552 Å². The topological polar surface area (TPSA) is 283 Å². The molecule has 12 rings (SSSR count). The van der Waals surface area contributed by atoms with E-state index in [1.165, 1.54) is 94.5 Å². The van der Waals surface area contributed by atoms with Crippen LogP contribution in [-0.2, 0) is 82.4 Å². The van der Waals surface area contributed by atoms with Crippen molar-refractivity contribution in [2.24, 2.45) is 0 Å². The summed E-state index contributed by atoms with van der Waals surface area (Å²) in [6, 6.07) is 26.1. The molecule has 2 atom stereocenters. The normalized spacial score (nSPS) is 17.2. The molecule has 3 aromatic carbocycles. The van der Waals surface area contributed by atoms with E-state index in [0.29, 0.717) is 98.3 Å². The van der Waals surface area contributed by atoms with E-state index in [2.05, 4.69) is 117 Å². The van der Waals surface area contributed by atoms with Crippen molar-refractivity contribution in [2.45, 2.75) is 136 Å². The maximum atomic E-state index is 12.7. The van der Waals surface area contributed by atoms with Crippen molar-refractivity contribution in [3.63, 3.8) is 0 Å². The second-order valence-electron chi connectivity index (χ2n) is 25.7. The van der Waals surface area contributed by atoms with Crippen LogP contribution in [0.2, 0.25) is 0 Å². The summed E-state index contributed by atoms with van der Waals surface area (Å²) < 4.78 is 21.8. The minimum atomic E-state index is -0.260. The molecule has 24 nitrogen and oxygen atoms in total. The number of fused-ring (bicyclic) bond motifs is 3. The van der Waals surface area contributed by atoms with E-state index in [4.69, 9.17) is 36.1 Å². The summed E-state index contributed by atoms with van der Waals surface area (Å²) in [4.78, 5) is 91.4. The van der Waals surface area contributed by atoms with Crippen molar-refractivity contribution >= 4 is 58.2 Å². The summed E-state index contributed by atoms with van der Waals surface area (Å²) in [6.45, 7) is 19.7. The van der Waals surface area contributed by atoms with Crippen molar-refractivity contribution < 1.29 is 38.1 Å². The third-order valence-electron chi connectivity index (χ3n) is 17.6. The summed E-state index contributed by atoms with van der Waals surface area (Å²) in [5.74, 6) is 2.86. The Morgan fingerprint density at radius 1 is 0.489 bits per heavy atom. The van der Waals surface area contributed by atoms with E-state index in [1.807, 2.05) is 35.5 Å². The number of carbonyl (C=O) groups is 4. The van der Waals surface area contributed by atoms with Crippen LogP contribution in [0.3, 0.4) is 0 Å². The van der Waals surface area contributed by atoms with E-state index in [9.17, 15) is 19.2 Å². The molecule has 6 aromatic rings. The third kappa shape index (κ3) is 18.5. The van der Waals surface area contributed by atoms with Gasteiger partial charge in [0.05, 0.1) is 32.8 Å². The number of hydrogen-bond donors (Lipinski definition) is 3. The van der Waals surface area contributed by atoms with Crippen LogP contribution in [-0.4, -0.2) is 185 Å². The number of Topliss-reactive ketones (excluding diaryl/α,β-unsaturated/α-hetero) is 3. The molecule has 0 aliphatic carbocycles. The average Bonchev–Trinajstić information content (AvgIpc) is 0.897. The lowest BCUT2D eigenvalue weighted by atomic mass is 10.0. The Hall–Kier alpha value is -8.42. The van der Waals surface area contributed by atoms with Gasteiger partial charge in [0.15, 0.2) is 17.3 Å². The highest BCUT2D eigenvalue weighted by atomic mass is 16.5. The number of methoxy groups -OCH3 is 2. The number of rotatable bonds is 23. The van der Waals surface area contributed by atoms with Crippen LogP contribution in [0.15, 0.2) is 72.8 Å². The minimum Gasteiger partial charge on any atom is -0.458 e. The van der Waals surface area contributed by atoms with E-state index < -0.39 is 0 Å². The Kier molecular flexibility index (Phi) is 23.8. The summed E-state index contributed by atoms with van der Waals surface area (Å²) in [7, 11) is 4.97. The van der Waals surface area contributed by atoms with Crippen molar-refractivity contribution in [1.82, 2.24) is 49.5 Å². The van der Waals surface area contributed by atoms with Crippen LogP contribution >= 0.6 is 0 Å². The fourth-order valence-electron chi connectivity index (χ4n) is 13.1. The zero-order chi connectivity index (χ0) is 66.3. The van der Waals surface area contributed by atoms with Crippen LogP contribution in [0.1, 0.15) is 126 Å². The van der Waals surface area contributed by atoms with Gasteiger partial charge in [-0.3, -0.25) is 33.9 Å². The SMILES string of the molecule is CCCN(C)C(=O)c1nc(N)c2c(n1)N(Cc1ccc(CN3CCCC3)cc1)CC(=O)C2.COC[C@@H](C)Oc1nc(N)c2c(n1)N(Cc1cccc(CN3CCCC3)c1)CC(=O)C2.COC[C@H](C)Oc1nc(N)c2c(n1)N(Cc1cccc(CN3CCCC3)c1)CC(=O)C2. The monoisotopic (exact) mass is 1290 g/mol. The Morgan fingerprint density at radius 2 is 0.830 bits per heavy atom. The van der Waals surface area contributed by atoms with Gasteiger partial charge in [-0.25, -0.2) is 9.97 Å². The fourth-order valence-corrected chi connectivity index (χ4v) is 13.1. The molecule has 6 N–H and O–H groups in total. The molecule has 0 unspecified atom stereocenters. The van der Waals surface area contributed by atoms with Gasteiger partial charge in [-0.15, -0.1) is 0 Å². The number of anilines is 6. The van der Waals surface area contributed by atoms with E-state index in [0.717, 1.165) is 42.7 Å². The highest BCUT2D eigenvalue weighted by Crippen LogP contribution is 2.34. The predicted octanol–water partition coefficient (Wildman–Crippen LogP) is 6.67. The number of aromatic nitrogens is 6. The lowest BCUT2D eigenvalue weighted by molar-refractivity contribution is -0.118. The Morgan fingerprint density at radius 3 is 1.21 bits per heavy atom. The van der Waals surface area contributed by atoms with Gasteiger partial charge in [-0.2, -0.15) is 19.9 Å². The van der Waals surface area contributed by atoms with Gasteiger partial charge in [0.1, 0.15) is 47.1 Å². The number of amides is 1. The standard InChI is InChI=1S/C24H32N6O2.2C23H31N5O3/c1-3-10-28(2)24(32)22-26-21(25)20-13-19(31)16-30(23(20)27-22)15-18-8-6-17(7-9-18)14-29-11-4-5-12-29;2*1-16(15-30-2)31-23-25-21(24)20-11-19(29)14-28(22(20)26-23)13-18-7-5-6-17(10-18)12-27-8-3-4-9-27/h6-9H,3-5,10-16H2,1-2H3,(H2,25,26,27);2*5-7,10,16H,3-4,8-9,11-15H2,1-2H3,(H2,24,25,26)/t;2*16-/m.10/s1. The molecular formula is C70H94N16O8. The molecule has 0 radical (unpaired) electrons. The highest BCUT2D eigenvalue weighted by molar-refractivity contribution is 5.95. The summed E-state index contributed by atoms with van der Waals surface area (Å²) >= 11 is 0. The first kappa shape index (κ1) is 68.4. The first-order valence-corrected chi connectivity index (χ1v) is 33.2. The summed E-state index contributed by atoms with van der Waals surface area (Å²) in [5, 5.41) is 0. The third-order valence-corrected chi connectivity index (χ3v) is 17.6. The summed E-state index contributed by atoms with van der Waals surface area (Å²) in [6.07, 6.45) is 8.81. The molecule has 1 amide bonds. The van der Waals surface area contributed by atoms with Crippen molar-refractivity contribution in [3.8, 4) is 12.0 Å². The van der Waals surface area contributed by atoms with Crippen LogP contribution < -0.4 is 41.4 Å². The van der Waals surface area contributed by atoms with E-state index >= 15 is 0 Å². The highest BCUT2D eigenvalue weighted by Gasteiger charge is 2.32. The van der Waals surface area contributed by atoms with Gasteiger partial charge in [0.2, 0.25) is 5.82 Å².